The van der Waals surface area contributed by atoms with Gasteiger partial charge in [0, 0.05) is 6.42 Å². The number of carbonyl (C=O) groups is 2. The SMILES string of the molecule is CCCCCCCCCCCC(=O)OC[C@H](COP(=O)(O)OCC[N+](C)(C)C)OC(=O)Cc1ccc(-c2ccccc2)cc1. The molecule has 9 nitrogen and oxygen atoms in total. The van der Waals surface area contributed by atoms with Crippen LogP contribution in [0.15, 0.2) is 54.6 Å². The predicted octanol–water partition coefficient (Wildman–Crippen LogP) is 7.11. The molecule has 0 spiro atoms. The van der Waals surface area contributed by atoms with Crippen LogP contribution < -0.4 is 0 Å². The number of rotatable bonds is 23. The van der Waals surface area contributed by atoms with Crippen molar-refractivity contribution in [2.24, 2.45) is 0 Å². The van der Waals surface area contributed by atoms with E-state index < -0.39 is 32.5 Å². The first-order chi connectivity index (χ1) is 21.0. The van der Waals surface area contributed by atoms with E-state index >= 15 is 0 Å². The number of nitrogens with zero attached hydrogens (tertiary/aromatic N) is 1. The first-order valence-electron chi connectivity index (χ1n) is 15.9. The summed E-state index contributed by atoms with van der Waals surface area (Å²) >= 11 is 0. The highest BCUT2D eigenvalue weighted by molar-refractivity contribution is 7.47. The van der Waals surface area contributed by atoms with E-state index in [1.807, 2.05) is 75.7 Å². The summed E-state index contributed by atoms with van der Waals surface area (Å²) in [7, 11) is 1.39. The molecular weight excluding hydrogens is 581 g/mol. The number of hydrogen-bond acceptors (Lipinski definition) is 7. The third-order valence-electron chi connectivity index (χ3n) is 7.06. The Morgan fingerprint density at radius 1 is 0.773 bits per heavy atom. The van der Waals surface area contributed by atoms with E-state index in [9.17, 15) is 19.0 Å². The highest BCUT2D eigenvalue weighted by Crippen LogP contribution is 2.43. The molecule has 0 aliphatic heterocycles. The molecule has 246 valence electrons. The standard InChI is InChI=1S/C34H52NO8P/c1-5-6-7-8-9-10-11-12-16-19-33(36)40-27-32(28-42-44(38,39)41-25-24-35(2,3)4)43-34(37)26-29-20-22-31(23-21-29)30-17-14-13-15-18-30/h13-15,17-18,20-23,32H,5-12,16,19,24-28H2,1-4H3/p+1/t32-/m1/s1. The number of phosphoric acid groups is 1. The van der Waals surface area contributed by atoms with Crippen molar-refractivity contribution in [1.82, 2.24) is 0 Å². The van der Waals surface area contributed by atoms with Crippen molar-refractivity contribution in [1.29, 1.82) is 0 Å². The zero-order chi connectivity index (χ0) is 32.3. The molecule has 0 bridgehead atoms. The van der Waals surface area contributed by atoms with Crippen LogP contribution in [0.4, 0.5) is 0 Å². The van der Waals surface area contributed by atoms with E-state index in [0.717, 1.165) is 36.0 Å². The van der Waals surface area contributed by atoms with Crippen LogP contribution in [0.3, 0.4) is 0 Å². The predicted molar refractivity (Wildman–Crippen MR) is 173 cm³/mol. The van der Waals surface area contributed by atoms with Gasteiger partial charge in [-0.2, -0.15) is 0 Å². The second kappa shape index (κ2) is 20.5. The zero-order valence-corrected chi connectivity index (χ0v) is 28.0. The van der Waals surface area contributed by atoms with E-state index in [0.29, 0.717) is 11.0 Å². The monoisotopic (exact) mass is 634 g/mol. The van der Waals surface area contributed by atoms with Crippen LogP contribution in [-0.2, 0) is 39.1 Å². The molecular formula is C34H53NO8P+. The molecule has 0 aliphatic carbocycles. The Kier molecular flexibility index (Phi) is 17.5. The maximum absolute atomic E-state index is 12.8. The first-order valence-corrected chi connectivity index (χ1v) is 17.4. The quantitative estimate of drug-likeness (QED) is 0.0596. The molecule has 0 aromatic heterocycles. The van der Waals surface area contributed by atoms with Crippen LogP contribution in [0.25, 0.3) is 11.1 Å². The molecule has 1 unspecified atom stereocenters. The van der Waals surface area contributed by atoms with E-state index in [1.54, 1.807) is 0 Å². The minimum atomic E-state index is -4.40. The van der Waals surface area contributed by atoms with Crippen LogP contribution in [0.5, 0.6) is 0 Å². The summed E-state index contributed by atoms with van der Waals surface area (Å²) < 4.78 is 34.1. The lowest BCUT2D eigenvalue weighted by Gasteiger charge is -2.24. The summed E-state index contributed by atoms with van der Waals surface area (Å²) in [5.41, 5.74) is 2.84. The van der Waals surface area contributed by atoms with Crippen molar-refractivity contribution in [2.45, 2.75) is 83.7 Å². The van der Waals surface area contributed by atoms with E-state index in [1.165, 1.54) is 38.5 Å². The van der Waals surface area contributed by atoms with Gasteiger partial charge in [-0.15, -0.1) is 0 Å². The highest BCUT2D eigenvalue weighted by Gasteiger charge is 2.27. The fourth-order valence-corrected chi connectivity index (χ4v) is 5.18. The second-order valence-corrected chi connectivity index (χ2v) is 13.7. The van der Waals surface area contributed by atoms with Crippen LogP contribution in [0, 0.1) is 0 Å². The Morgan fingerprint density at radius 3 is 1.98 bits per heavy atom. The molecule has 2 atom stereocenters. The van der Waals surface area contributed by atoms with Gasteiger partial charge in [0.15, 0.2) is 6.10 Å². The number of ether oxygens (including phenoxy) is 2. The van der Waals surface area contributed by atoms with Gasteiger partial charge < -0.3 is 18.9 Å². The number of esters is 2. The zero-order valence-electron chi connectivity index (χ0n) is 27.1. The van der Waals surface area contributed by atoms with Crippen LogP contribution >= 0.6 is 7.82 Å². The van der Waals surface area contributed by atoms with Gasteiger partial charge in [-0.25, -0.2) is 4.57 Å². The van der Waals surface area contributed by atoms with Gasteiger partial charge in [-0.1, -0.05) is 113 Å². The molecule has 0 saturated carbocycles. The topological polar surface area (TPSA) is 108 Å². The van der Waals surface area contributed by atoms with Gasteiger partial charge in [0.05, 0.1) is 34.2 Å². The van der Waals surface area contributed by atoms with E-state index in [4.69, 9.17) is 18.5 Å². The van der Waals surface area contributed by atoms with Crippen molar-refractivity contribution < 1.29 is 42.1 Å². The number of quaternary nitrogens is 1. The van der Waals surface area contributed by atoms with Gasteiger partial charge in [0.25, 0.3) is 0 Å². The minimum absolute atomic E-state index is 0.00837. The summed E-state index contributed by atoms with van der Waals surface area (Å²) in [6, 6.07) is 17.5. The molecule has 2 rings (SSSR count). The smallest absolute Gasteiger partial charge is 0.462 e. The molecule has 0 heterocycles. The largest absolute Gasteiger partial charge is 0.472 e. The molecule has 2 aromatic rings. The van der Waals surface area contributed by atoms with Crippen molar-refractivity contribution in [3.05, 3.63) is 60.2 Å². The summed E-state index contributed by atoms with van der Waals surface area (Å²) in [6.45, 7) is 1.97. The van der Waals surface area contributed by atoms with E-state index in [2.05, 4.69) is 6.92 Å². The van der Waals surface area contributed by atoms with Crippen LogP contribution in [0.1, 0.15) is 76.7 Å². The maximum Gasteiger partial charge on any atom is 0.472 e. The fourth-order valence-electron chi connectivity index (χ4n) is 4.44. The molecule has 10 heteroatoms. The number of phosphoric ester groups is 1. The third-order valence-corrected chi connectivity index (χ3v) is 8.05. The summed E-state index contributed by atoms with van der Waals surface area (Å²) in [5, 5.41) is 0. The molecule has 0 radical (unpaired) electrons. The van der Waals surface area contributed by atoms with Gasteiger partial charge >= 0.3 is 19.8 Å². The van der Waals surface area contributed by atoms with Crippen LogP contribution in [0.2, 0.25) is 0 Å². The Bertz CT molecular complexity index is 1130. The lowest BCUT2D eigenvalue weighted by atomic mass is 10.0. The molecule has 0 aliphatic rings. The number of benzene rings is 2. The molecule has 1 N–H and O–H groups in total. The van der Waals surface area contributed by atoms with E-state index in [-0.39, 0.29) is 26.1 Å². The fraction of sp³-hybridized carbons (Fsp3) is 0.588. The van der Waals surface area contributed by atoms with Crippen LogP contribution in [-0.4, -0.2) is 74.9 Å². The highest BCUT2D eigenvalue weighted by atomic mass is 31.2. The first kappa shape index (κ1) is 37.6. The molecule has 2 aromatic carbocycles. The van der Waals surface area contributed by atoms with Crippen molar-refractivity contribution >= 4 is 19.8 Å². The second-order valence-electron chi connectivity index (χ2n) is 12.2. The Hall–Kier alpha value is -2.55. The van der Waals surface area contributed by atoms with Crippen molar-refractivity contribution in [3.8, 4) is 11.1 Å². The summed E-state index contributed by atoms with van der Waals surface area (Å²) in [6.07, 6.45) is 9.39. The molecule has 0 amide bonds. The molecule has 0 fully saturated rings. The van der Waals surface area contributed by atoms with Crippen molar-refractivity contribution in [3.63, 3.8) is 0 Å². The van der Waals surface area contributed by atoms with Gasteiger partial charge in [0.2, 0.25) is 0 Å². The Balaban J connectivity index is 1.86. The van der Waals surface area contributed by atoms with Gasteiger partial charge in [-0.05, 0) is 23.1 Å². The Labute approximate surface area is 264 Å². The normalized spacial score (nSPS) is 13.7. The summed E-state index contributed by atoms with van der Waals surface area (Å²) in [4.78, 5) is 35.3. The van der Waals surface area contributed by atoms with Gasteiger partial charge in [-0.3, -0.25) is 18.6 Å². The van der Waals surface area contributed by atoms with Gasteiger partial charge in [0.1, 0.15) is 19.8 Å². The number of hydrogen-bond donors (Lipinski definition) is 1. The molecule has 0 saturated heterocycles. The maximum atomic E-state index is 12.8. The number of carbonyl (C=O) groups excluding carboxylic acids is 2. The summed E-state index contributed by atoms with van der Waals surface area (Å²) in [5.74, 6) is -0.975. The minimum Gasteiger partial charge on any atom is -0.462 e. The average molecular weight is 635 g/mol. The lowest BCUT2D eigenvalue weighted by molar-refractivity contribution is -0.870. The Morgan fingerprint density at radius 2 is 1.36 bits per heavy atom. The van der Waals surface area contributed by atoms with Crippen molar-refractivity contribution in [2.75, 3.05) is 47.5 Å². The number of unbranched alkanes of at least 4 members (excludes halogenated alkanes) is 8. The average Bonchev–Trinajstić information content (AvgIpc) is 2.97. The third kappa shape index (κ3) is 17.7. The number of likely N-dealkylation sites (N-methyl/N-ethyl adjacent to an activating group) is 1. The molecule has 44 heavy (non-hydrogen) atoms. The lowest BCUT2D eigenvalue weighted by Crippen LogP contribution is -2.37.